The molecule has 2 aromatic rings. The van der Waals surface area contributed by atoms with Gasteiger partial charge in [-0.25, -0.2) is 0 Å². The van der Waals surface area contributed by atoms with Gasteiger partial charge < -0.3 is 9.55 Å². The quantitative estimate of drug-likeness (QED) is 0.657. The van der Waals surface area contributed by atoms with Crippen molar-refractivity contribution in [1.82, 2.24) is 19.3 Å². The summed E-state index contributed by atoms with van der Waals surface area (Å²) >= 11 is 5.32. The van der Waals surface area contributed by atoms with E-state index in [9.17, 15) is 0 Å². The number of hydrogen-bond donors (Lipinski definition) is 1. The van der Waals surface area contributed by atoms with E-state index in [-0.39, 0.29) is 0 Å². The van der Waals surface area contributed by atoms with Gasteiger partial charge in [-0.15, -0.1) is 0 Å². The van der Waals surface area contributed by atoms with E-state index in [1.165, 1.54) is 0 Å². The monoisotopic (exact) mass is 236 g/mol. The fourth-order valence-corrected chi connectivity index (χ4v) is 2.23. The zero-order valence-electron chi connectivity index (χ0n) is 9.82. The summed E-state index contributed by atoms with van der Waals surface area (Å²) in [5, 5.41) is 4.38. The van der Waals surface area contributed by atoms with Gasteiger partial charge in [-0.05, 0) is 32.5 Å². The molecule has 5 heteroatoms. The molecular formula is C11H16N4S. The van der Waals surface area contributed by atoms with Crippen LogP contribution in [0.5, 0.6) is 0 Å². The minimum Gasteiger partial charge on any atom is -0.328 e. The molecule has 2 aromatic heterocycles. The highest BCUT2D eigenvalue weighted by Crippen LogP contribution is 2.17. The summed E-state index contributed by atoms with van der Waals surface area (Å²) in [7, 11) is 1.95. The maximum atomic E-state index is 5.32. The van der Waals surface area contributed by atoms with Crippen LogP contribution in [-0.2, 0) is 13.6 Å². The highest BCUT2D eigenvalue weighted by atomic mass is 32.1. The largest absolute Gasteiger partial charge is 0.328 e. The molecule has 0 amide bonds. The van der Waals surface area contributed by atoms with E-state index in [1.54, 1.807) is 0 Å². The molecule has 0 saturated carbocycles. The molecule has 0 aliphatic carbocycles. The predicted molar refractivity (Wildman–Crippen MR) is 68.1 cm³/mol. The van der Waals surface area contributed by atoms with E-state index in [0.717, 1.165) is 34.6 Å². The number of aromatic nitrogens is 4. The zero-order valence-corrected chi connectivity index (χ0v) is 10.6. The molecular weight excluding hydrogens is 220 g/mol. The molecule has 0 radical (unpaired) electrons. The van der Waals surface area contributed by atoms with Crippen molar-refractivity contribution in [3.63, 3.8) is 0 Å². The Morgan fingerprint density at radius 1 is 1.50 bits per heavy atom. The van der Waals surface area contributed by atoms with E-state index >= 15 is 0 Å². The molecule has 0 atom stereocenters. The molecule has 2 rings (SSSR count). The summed E-state index contributed by atoms with van der Waals surface area (Å²) < 4.78 is 4.76. The van der Waals surface area contributed by atoms with Gasteiger partial charge in [0.25, 0.3) is 0 Å². The van der Waals surface area contributed by atoms with Crippen LogP contribution >= 0.6 is 12.2 Å². The Bertz CT molecular complexity index is 585. The van der Waals surface area contributed by atoms with Gasteiger partial charge in [0.1, 0.15) is 5.52 Å². The first-order valence-corrected chi connectivity index (χ1v) is 5.79. The third-order valence-corrected chi connectivity index (χ3v) is 3.00. The molecule has 4 nitrogen and oxygen atoms in total. The SMILES string of the molecule is C/C=C/CCn1c(=S)[nH]c2c(C)nn(C)c21. The molecule has 0 saturated heterocycles. The smallest absolute Gasteiger partial charge is 0.179 e. The summed E-state index contributed by atoms with van der Waals surface area (Å²) in [5.74, 6) is 0. The Labute approximate surface area is 99.6 Å². The van der Waals surface area contributed by atoms with Crippen LogP contribution in [0.25, 0.3) is 11.2 Å². The number of imidazole rings is 1. The van der Waals surface area contributed by atoms with Crippen LogP contribution in [0.4, 0.5) is 0 Å². The third kappa shape index (κ3) is 1.71. The van der Waals surface area contributed by atoms with Gasteiger partial charge >= 0.3 is 0 Å². The van der Waals surface area contributed by atoms with Gasteiger partial charge in [0.05, 0.1) is 5.69 Å². The Morgan fingerprint density at radius 3 is 2.94 bits per heavy atom. The van der Waals surface area contributed by atoms with Crippen molar-refractivity contribution >= 4 is 23.4 Å². The maximum Gasteiger partial charge on any atom is 0.179 e. The van der Waals surface area contributed by atoms with Crippen molar-refractivity contribution < 1.29 is 0 Å². The fraction of sp³-hybridized carbons (Fsp3) is 0.455. The fourth-order valence-electron chi connectivity index (χ4n) is 1.95. The second-order valence-corrected chi connectivity index (χ2v) is 4.23. The van der Waals surface area contributed by atoms with Crippen LogP contribution in [0.2, 0.25) is 0 Å². The molecule has 0 fully saturated rings. The summed E-state index contributed by atoms with van der Waals surface area (Å²) in [4.78, 5) is 3.21. The van der Waals surface area contributed by atoms with Gasteiger partial charge in [0.2, 0.25) is 0 Å². The number of aromatic amines is 1. The Morgan fingerprint density at radius 2 is 2.25 bits per heavy atom. The standard InChI is InChI=1S/C11H16N4S/c1-4-5-6-7-15-10-9(12-11(15)16)8(2)13-14(10)3/h4-5H,6-7H2,1-3H3,(H,12,16)/b5-4+. The number of allylic oxidation sites excluding steroid dienone is 2. The first-order valence-electron chi connectivity index (χ1n) is 5.38. The van der Waals surface area contributed by atoms with Crippen molar-refractivity contribution in [1.29, 1.82) is 0 Å². The number of nitrogens with zero attached hydrogens (tertiary/aromatic N) is 3. The van der Waals surface area contributed by atoms with Gasteiger partial charge in [-0.2, -0.15) is 5.10 Å². The van der Waals surface area contributed by atoms with Crippen molar-refractivity contribution in [2.75, 3.05) is 0 Å². The van der Waals surface area contributed by atoms with Crippen LogP contribution in [-0.4, -0.2) is 19.3 Å². The number of fused-ring (bicyclic) bond motifs is 1. The highest BCUT2D eigenvalue weighted by Gasteiger charge is 2.11. The van der Waals surface area contributed by atoms with Gasteiger partial charge in [-0.1, -0.05) is 12.2 Å². The van der Waals surface area contributed by atoms with Crippen molar-refractivity contribution in [3.05, 3.63) is 22.6 Å². The number of hydrogen-bond acceptors (Lipinski definition) is 2. The van der Waals surface area contributed by atoms with Crippen LogP contribution in [0.15, 0.2) is 12.2 Å². The van der Waals surface area contributed by atoms with Gasteiger partial charge in [-0.3, -0.25) is 4.68 Å². The van der Waals surface area contributed by atoms with E-state index in [0.29, 0.717) is 0 Å². The van der Waals surface area contributed by atoms with Crippen molar-refractivity contribution in [2.45, 2.75) is 26.8 Å². The van der Waals surface area contributed by atoms with E-state index in [2.05, 4.69) is 26.8 Å². The zero-order chi connectivity index (χ0) is 11.7. The number of aryl methyl sites for hydroxylation is 3. The first kappa shape index (κ1) is 11.1. The molecule has 0 aromatic carbocycles. The molecule has 16 heavy (non-hydrogen) atoms. The molecule has 2 heterocycles. The number of rotatable bonds is 3. The van der Waals surface area contributed by atoms with E-state index < -0.39 is 0 Å². The lowest BCUT2D eigenvalue weighted by molar-refractivity contribution is 0.672. The van der Waals surface area contributed by atoms with Crippen LogP contribution < -0.4 is 0 Å². The minimum absolute atomic E-state index is 0.774. The summed E-state index contributed by atoms with van der Waals surface area (Å²) in [6.07, 6.45) is 5.19. The average Bonchev–Trinajstić information content (AvgIpc) is 2.69. The van der Waals surface area contributed by atoms with Crippen LogP contribution in [0.3, 0.4) is 0 Å². The summed E-state index contributed by atoms with van der Waals surface area (Å²) in [6.45, 7) is 4.91. The second kappa shape index (κ2) is 4.25. The first-order chi connectivity index (χ1) is 7.65. The second-order valence-electron chi connectivity index (χ2n) is 3.85. The van der Waals surface area contributed by atoms with Gasteiger partial charge in [0.15, 0.2) is 10.4 Å². The Kier molecular flexibility index (Phi) is 2.96. The lowest BCUT2D eigenvalue weighted by Crippen LogP contribution is -2.02. The van der Waals surface area contributed by atoms with Crippen LogP contribution in [0, 0.1) is 11.7 Å². The van der Waals surface area contributed by atoms with E-state index in [4.69, 9.17) is 12.2 Å². The van der Waals surface area contributed by atoms with E-state index in [1.807, 2.05) is 25.6 Å². The molecule has 1 N–H and O–H groups in total. The van der Waals surface area contributed by atoms with Crippen molar-refractivity contribution in [2.24, 2.45) is 7.05 Å². The lowest BCUT2D eigenvalue weighted by atomic mass is 10.4. The summed E-state index contributed by atoms with van der Waals surface area (Å²) in [6, 6.07) is 0. The lowest BCUT2D eigenvalue weighted by Gasteiger charge is -2.01. The minimum atomic E-state index is 0.774. The van der Waals surface area contributed by atoms with Crippen LogP contribution in [0.1, 0.15) is 19.0 Å². The molecule has 0 bridgehead atoms. The normalized spacial score (nSPS) is 11.9. The average molecular weight is 236 g/mol. The molecule has 0 spiro atoms. The summed E-state index contributed by atoms with van der Waals surface area (Å²) in [5.41, 5.74) is 3.12. The molecule has 0 aliphatic heterocycles. The molecule has 86 valence electrons. The highest BCUT2D eigenvalue weighted by molar-refractivity contribution is 7.71. The predicted octanol–water partition coefficient (Wildman–Crippen LogP) is 2.71. The number of nitrogens with one attached hydrogen (secondary N) is 1. The molecule has 0 aliphatic rings. The topological polar surface area (TPSA) is 38.5 Å². The molecule has 0 unspecified atom stereocenters. The van der Waals surface area contributed by atoms with Crippen molar-refractivity contribution in [3.8, 4) is 0 Å². The maximum absolute atomic E-state index is 5.32. The Hall–Kier alpha value is -1.36. The Balaban J connectivity index is 2.50. The number of H-pyrrole nitrogens is 1. The third-order valence-electron chi connectivity index (χ3n) is 2.68. The van der Waals surface area contributed by atoms with Gasteiger partial charge in [0, 0.05) is 13.6 Å².